The van der Waals surface area contributed by atoms with Gasteiger partial charge in [0.2, 0.25) is 0 Å². The summed E-state index contributed by atoms with van der Waals surface area (Å²) in [5.74, 6) is 0. The van der Waals surface area contributed by atoms with Gasteiger partial charge in [-0.15, -0.1) is 0 Å². The second kappa shape index (κ2) is 2.54. The van der Waals surface area contributed by atoms with Crippen molar-refractivity contribution in [3.8, 4) is 6.07 Å². The van der Waals surface area contributed by atoms with E-state index in [0.717, 1.165) is 11.1 Å². The fourth-order valence-corrected chi connectivity index (χ4v) is 0.864. The maximum Gasteiger partial charge on any atom is 0.120 e. The molecule has 1 rings (SSSR count). The molecular weight excluding hydrogens is 126 g/mol. The van der Waals surface area contributed by atoms with Crippen molar-refractivity contribution in [2.75, 3.05) is 0 Å². The minimum Gasteiger partial charge on any atom is -0.353 e. The van der Waals surface area contributed by atoms with E-state index in [1.54, 1.807) is 6.20 Å². The molecule has 0 unspecified atom stereocenters. The minimum absolute atomic E-state index is 0.490. The Morgan fingerprint density at radius 3 is 2.80 bits per heavy atom. The van der Waals surface area contributed by atoms with E-state index in [1.807, 2.05) is 13.0 Å². The molecule has 0 saturated carbocycles. The summed E-state index contributed by atoms with van der Waals surface area (Å²) in [6.45, 7) is 2.38. The third kappa shape index (κ3) is 0.893. The molecule has 3 nitrogen and oxygen atoms in total. The van der Waals surface area contributed by atoms with Gasteiger partial charge in [-0.25, -0.2) is 0 Å². The number of hydrogen-bond acceptors (Lipinski definition) is 2. The maximum atomic E-state index is 8.51. The van der Waals surface area contributed by atoms with Crippen LogP contribution in [0.1, 0.15) is 16.8 Å². The molecule has 0 spiro atoms. The largest absolute Gasteiger partial charge is 0.353 e. The highest BCUT2D eigenvalue weighted by atomic mass is 14.7. The zero-order chi connectivity index (χ0) is 7.56. The number of rotatable bonds is 1. The molecule has 1 aromatic rings. The molecule has 0 aliphatic rings. The van der Waals surface area contributed by atoms with Crippen LogP contribution in [-0.2, 0) is 6.54 Å². The van der Waals surface area contributed by atoms with Crippen molar-refractivity contribution >= 4 is 0 Å². The van der Waals surface area contributed by atoms with Crippen LogP contribution in [0.4, 0.5) is 0 Å². The van der Waals surface area contributed by atoms with Crippen molar-refractivity contribution in [1.29, 1.82) is 5.26 Å². The number of nitrogens with zero attached hydrogens (tertiary/aromatic N) is 1. The first-order chi connectivity index (χ1) is 4.79. The number of aromatic amines is 1. The van der Waals surface area contributed by atoms with E-state index in [0.29, 0.717) is 12.2 Å². The van der Waals surface area contributed by atoms with E-state index < -0.39 is 0 Å². The molecule has 1 heterocycles. The second-order valence-electron chi connectivity index (χ2n) is 2.13. The van der Waals surface area contributed by atoms with Crippen LogP contribution in [0.2, 0.25) is 0 Å². The first-order valence-electron chi connectivity index (χ1n) is 3.06. The van der Waals surface area contributed by atoms with Gasteiger partial charge in [0, 0.05) is 12.7 Å². The van der Waals surface area contributed by atoms with Gasteiger partial charge in [-0.3, -0.25) is 0 Å². The van der Waals surface area contributed by atoms with Crippen LogP contribution in [0.15, 0.2) is 6.20 Å². The van der Waals surface area contributed by atoms with Crippen LogP contribution in [0.5, 0.6) is 0 Å². The zero-order valence-corrected chi connectivity index (χ0v) is 5.81. The summed E-state index contributed by atoms with van der Waals surface area (Å²) in [5, 5.41) is 8.51. The van der Waals surface area contributed by atoms with Crippen molar-refractivity contribution in [3.63, 3.8) is 0 Å². The molecule has 0 saturated heterocycles. The smallest absolute Gasteiger partial charge is 0.120 e. The monoisotopic (exact) mass is 135 g/mol. The highest BCUT2D eigenvalue weighted by Gasteiger charge is 2.02. The average Bonchev–Trinajstić information content (AvgIpc) is 2.30. The van der Waals surface area contributed by atoms with Crippen LogP contribution >= 0.6 is 0 Å². The van der Waals surface area contributed by atoms with E-state index in [9.17, 15) is 0 Å². The normalized spacial score (nSPS) is 9.30. The van der Waals surface area contributed by atoms with Gasteiger partial charge >= 0.3 is 0 Å². The van der Waals surface area contributed by atoms with Crippen molar-refractivity contribution in [3.05, 3.63) is 23.0 Å². The number of nitriles is 1. The third-order valence-corrected chi connectivity index (χ3v) is 1.58. The SMILES string of the molecule is Cc1c(CN)c[nH]c1C#N. The quantitative estimate of drug-likeness (QED) is 0.593. The van der Waals surface area contributed by atoms with Crippen LogP contribution in [0, 0.1) is 18.3 Å². The molecule has 3 N–H and O–H groups in total. The van der Waals surface area contributed by atoms with Gasteiger partial charge in [-0.1, -0.05) is 0 Å². The molecule has 0 aliphatic heterocycles. The minimum atomic E-state index is 0.490. The molecule has 0 bridgehead atoms. The Labute approximate surface area is 59.5 Å². The van der Waals surface area contributed by atoms with Crippen molar-refractivity contribution < 1.29 is 0 Å². The molecule has 3 heteroatoms. The molecular formula is C7H9N3. The zero-order valence-electron chi connectivity index (χ0n) is 5.81. The molecule has 52 valence electrons. The first kappa shape index (κ1) is 6.84. The molecule has 10 heavy (non-hydrogen) atoms. The summed E-state index contributed by atoms with van der Waals surface area (Å²) in [5.41, 5.74) is 7.97. The van der Waals surface area contributed by atoms with E-state index in [2.05, 4.69) is 4.98 Å². The van der Waals surface area contributed by atoms with E-state index >= 15 is 0 Å². The number of H-pyrrole nitrogens is 1. The van der Waals surface area contributed by atoms with Crippen LogP contribution in [-0.4, -0.2) is 4.98 Å². The topological polar surface area (TPSA) is 65.6 Å². The highest BCUT2D eigenvalue weighted by Crippen LogP contribution is 2.09. The summed E-state index contributed by atoms with van der Waals surface area (Å²) in [6.07, 6.45) is 1.77. The van der Waals surface area contributed by atoms with Gasteiger partial charge in [-0.05, 0) is 18.1 Å². The lowest BCUT2D eigenvalue weighted by Gasteiger charge is -1.90. The lowest BCUT2D eigenvalue weighted by Crippen LogP contribution is -1.95. The average molecular weight is 135 g/mol. The summed E-state index contributed by atoms with van der Waals surface area (Å²) in [6, 6.07) is 2.04. The summed E-state index contributed by atoms with van der Waals surface area (Å²) in [4.78, 5) is 2.83. The van der Waals surface area contributed by atoms with Gasteiger partial charge in [0.15, 0.2) is 0 Å². The summed E-state index contributed by atoms with van der Waals surface area (Å²) >= 11 is 0. The fraction of sp³-hybridized carbons (Fsp3) is 0.286. The van der Waals surface area contributed by atoms with E-state index in [1.165, 1.54) is 0 Å². The second-order valence-corrected chi connectivity index (χ2v) is 2.13. The van der Waals surface area contributed by atoms with Crippen molar-refractivity contribution in [2.45, 2.75) is 13.5 Å². The Morgan fingerprint density at radius 1 is 1.80 bits per heavy atom. The summed E-state index contributed by atoms with van der Waals surface area (Å²) in [7, 11) is 0. The molecule has 0 atom stereocenters. The van der Waals surface area contributed by atoms with Crippen LogP contribution in [0.3, 0.4) is 0 Å². The van der Waals surface area contributed by atoms with Crippen molar-refractivity contribution in [1.82, 2.24) is 4.98 Å². The van der Waals surface area contributed by atoms with Gasteiger partial charge < -0.3 is 10.7 Å². The molecule has 0 aliphatic carbocycles. The highest BCUT2D eigenvalue weighted by molar-refractivity contribution is 5.36. The number of nitrogens with one attached hydrogen (secondary N) is 1. The molecule has 0 fully saturated rings. The number of nitrogens with two attached hydrogens (primary N) is 1. The van der Waals surface area contributed by atoms with Gasteiger partial charge in [0.05, 0.1) is 0 Å². The van der Waals surface area contributed by atoms with E-state index in [4.69, 9.17) is 11.0 Å². The van der Waals surface area contributed by atoms with Gasteiger partial charge in [-0.2, -0.15) is 5.26 Å². The maximum absolute atomic E-state index is 8.51. The Kier molecular flexibility index (Phi) is 1.74. The van der Waals surface area contributed by atoms with E-state index in [-0.39, 0.29) is 0 Å². The predicted molar refractivity (Wildman–Crippen MR) is 38.1 cm³/mol. The lowest BCUT2D eigenvalue weighted by atomic mass is 10.2. The fourth-order valence-electron chi connectivity index (χ4n) is 0.864. The first-order valence-corrected chi connectivity index (χ1v) is 3.06. The number of aromatic nitrogens is 1. The van der Waals surface area contributed by atoms with Crippen molar-refractivity contribution in [2.24, 2.45) is 5.73 Å². The standard InChI is InChI=1S/C7H9N3/c1-5-6(2-8)4-10-7(5)3-9/h4,10H,2,8H2,1H3. The number of hydrogen-bond donors (Lipinski definition) is 2. The molecule has 0 amide bonds. The third-order valence-electron chi connectivity index (χ3n) is 1.58. The molecule has 1 aromatic heterocycles. The lowest BCUT2D eigenvalue weighted by molar-refractivity contribution is 1.06. The van der Waals surface area contributed by atoms with Crippen LogP contribution < -0.4 is 5.73 Å². The predicted octanol–water partition coefficient (Wildman–Crippen LogP) is 0.654. The van der Waals surface area contributed by atoms with Gasteiger partial charge in [0.25, 0.3) is 0 Å². The van der Waals surface area contributed by atoms with Gasteiger partial charge in [0.1, 0.15) is 11.8 Å². The summed E-state index contributed by atoms with van der Waals surface area (Å²) < 4.78 is 0. The van der Waals surface area contributed by atoms with Crippen LogP contribution in [0.25, 0.3) is 0 Å². The Hall–Kier alpha value is -1.27. The Morgan fingerprint density at radius 2 is 2.50 bits per heavy atom. The Bertz CT molecular complexity index is 267. The molecule has 0 radical (unpaired) electrons. The Balaban J connectivity index is 3.12. The molecule has 0 aromatic carbocycles.